The van der Waals surface area contributed by atoms with E-state index in [-0.39, 0.29) is 17.1 Å². The SMILES string of the molecule is CCN(CC)C(=O)CC1CC2(CCN(Cc3ccc(F)cc3)CC2)c2ccccc21.O=C(O)C(F)(F)F. The third kappa shape index (κ3) is 7.09. The molecule has 1 saturated heterocycles. The highest BCUT2D eigenvalue weighted by Gasteiger charge is 2.45. The summed E-state index contributed by atoms with van der Waals surface area (Å²) in [5.41, 5.74) is 4.24. The molecule has 1 fully saturated rings. The highest BCUT2D eigenvalue weighted by Crippen LogP contribution is 2.52. The first-order valence-corrected chi connectivity index (χ1v) is 12.6. The van der Waals surface area contributed by atoms with Crippen LogP contribution in [0.1, 0.15) is 62.1 Å². The molecule has 1 unspecified atom stereocenters. The van der Waals surface area contributed by atoms with Gasteiger partial charge in [0.1, 0.15) is 5.82 Å². The molecule has 1 heterocycles. The second-order valence-electron chi connectivity index (χ2n) is 9.74. The number of piperidine rings is 1. The summed E-state index contributed by atoms with van der Waals surface area (Å²) in [4.78, 5) is 26.1. The maximum atomic E-state index is 13.2. The van der Waals surface area contributed by atoms with Gasteiger partial charge in [-0.25, -0.2) is 9.18 Å². The number of alkyl halides is 3. The molecule has 2 aliphatic rings. The topological polar surface area (TPSA) is 60.9 Å². The minimum absolute atomic E-state index is 0.177. The standard InChI is InChI=1S/C26H33FN2O.C2HF3O2/c1-3-29(4-2)25(30)17-21-18-26(24-8-6-5-7-23(21)24)13-15-28(16-14-26)19-20-9-11-22(27)12-10-20;3-2(4,5)1(6)7/h5-12,21H,3-4,13-19H2,1-2H3;(H,6,7). The number of aliphatic carboxylic acids is 1. The van der Waals surface area contributed by atoms with Crippen LogP contribution in [0.4, 0.5) is 17.6 Å². The van der Waals surface area contributed by atoms with Crippen molar-refractivity contribution in [3.8, 4) is 0 Å². The fourth-order valence-corrected chi connectivity index (χ4v) is 5.59. The minimum Gasteiger partial charge on any atom is -0.475 e. The lowest BCUT2D eigenvalue weighted by Gasteiger charge is -2.40. The third-order valence-electron chi connectivity index (χ3n) is 7.52. The molecule has 202 valence electrons. The van der Waals surface area contributed by atoms with Crippen LogP contribution in [0, 0.1) is 5.82 Å². The van der Waals surface area contributed by atoms with Gasteiger partial charge in [-0.1, -0.05) is 36.4 Å². The molecule has 0 radical (unpaired) electrons. The van der Waals surface area contributed by atoms with Gasteiger partial charge in [0.05, 0.1) is 0 Å². The summed E-state index contributed by atoms with van der Waals surface area (Å²) in [7, 11) is 0. The number of fused-ring (bicyclic) bond motifs is 2. The third-order valence-corrected chi connectivity index (χ3v) is 7.52. The number of hydrogen-bond acceptors (Lipinski definition) is 3. The summed E-state index contributed by atoms with van der Waals surface area (Å²) >= 11 is 0. The van der Waals surface area contributed by atoms with Gasteiger partial charge in [-0.2, -0.15) is 13.2 Å². The highest BCUT2D eigenvalue weighted by atomic mass is 19.4. The van der Waals surface area contributed by atoms with Gasteiger partial charge in [0.2, 0.25) is 5.91 Å². The van der Waals surface area contributed by atoms with Crippen LogP contribution in [0.15, 0.2) is 48.5 Å². The first-order valence-electron chi connectivity index (χ1n) is 12.6. The van der Waals surface area contributed by atoms with Crippen molar-refractivity contribution in [2.45, 2.75) is 63.6 Å². The molecule has 5 nitrogen and oxygen atoms in total. The van der Waals surface area contributed by atoms with Crippen molar-refractivity contribution in [2.75, 3.05) is 26.2 Å². The number of carbonyl (C=O) groups excluding carboxylic acids is 1. The fourth-order valence-electron chi connectivity index (χ4n) is 5.59. The predicted octanol–water partition coefficient (Wildman–Crippen LogP) is 5.74. The Hall–Kier alpha value is -2.94. The maximum absolute atomic E-state index is 13.2. The van der Waals surface area contributed by atoms with E-state index in [1.807, 2.05) is 17.0 Å². The van der Waals surface area contributed by atoms with Crippen LogP contribution in [-0.2, 0) is 21.5 Å². The van der Waals surface area contributed by atoms with E-state index in [1.54, 1.807) is 12.1 Å². The van der Waals surface area contributed by atoms with Crippen LogP contribution in [0.3, 0.4) is 0 Å². The van der Waals surface area contributed by atoms with Gasteiger partial charge >= 0.3 is 12.1 Å². The number of carbonyl (C=O) groups is 2. The van der Waals surface area contributed by atoms with Crippen molar-refractivity contribution in [3.63, 3.8) is 0 Å². The lowest BCUT2D eigenvalue weighted by atomic mass is 9.73. The Morgan fingerprint density at radius 2 is 1.59 bits per heavy atom. The van der Waals surface area contributed by atoms with Crippen LogP contribution in [0.25, 0.3) is 0 Å². The zero-order chi connectivity index (χ0) is 27.2. The van der Waals surface area contributed by atoms with Crippen LogP contribution >= 0.6 is 0 Å². The van der Waals surface area contributed by atoms with E-state index in [0.29, 0.717) is 12.3 Å². The number of carboxylic acids is 1. The smallest absolute Gasteiger partial charge is 0.475 e. The monoisotopic (exact) mass is 522 g/mol. The summed E-state index contributed by atoms with van der Waals surface area (Å²) in [6.45, 7) is 8.65. The molecule has 1 spiro atoms. The first kappa shape index (κ1) is 28.6. The summed E-state index contributed by atoms with van der Waals surface area (Å²) in [6.07, 6.45) is -1.12. The molecule has 0 saturated carbocycles. The number of halogens is 4. The average molecular weight is 523 g/mol. The Labute approximate surface area is 215 Å². The molecule has 0 aromatic heterocycles. The van der Waals surface area contributed by atoms with Gasteiger partial charge in [0, 0.05) is 26.1 Å². The van der Waals surface area contributed by atoms with Gasteiger partial charge in [-0.15, -0.1) is 0 Å². The number of hydrogen-bond donors (Lipinski definition) is 1. The Morgan fingerprint density at radius 3 is 2.14 bits per heavy atom. The molecule has 2 aromatic rings. The van der Waals surface area contributed by atoms with E-state index in [1.165, 1.54) is 16.7 Å². The number of amides is 1. The maximum Gasteiger partial charge on any atom is 0.490 e. The van der Waals surface area contributed by atoms with E-state index >= 15 is 0 Å². The van der Waals surface area contributed by atoms with Gasteiger partial charge in [0.25, 0.3) is 0 Å². The number of likely N-dealkylation sites (tertiary alicyclic amines) is 1. The molecular weight excluding hydrogens is 488 g/mol. The lowest BCUT2D eigenvalue weighted by molar-refractivity contribution is -0.192. The second-order valence-corrected chi connectivity index (χ2v) is 9.74. The van der Waals surface area contributed by atoms with Crippen LogP contribution in [0.2, 0.25) is 0 Å². The molecule has 1 aliphatic heterocycles. The summed E-state index contributed by atoms with van der Waals surface area (Å²) in [6, 6.07) is 15.7. The summed E-state index contributed by atoms with van der Waals surface area (Å²) in [5, 5.41) is 7.12. The van der Waals surface area contributed by atoms with Crippen molar-refractivity contribution in [1.82, 2.24) is 9.80 Å². The van der Waals surface area contributed by atoms with E-state index < -0.39 is 12.1 Å². The number of benzene rings is 2. The van der Waals surface area contributed by atoms with Crippen molar-refractivity contribution in [3.05, 3.63) is 71.0 Å². The normalized spacial score (nSPS) is 18.6. The summed E-state index contributed by atoms with van der Waals surface area (Å²) < 4.78 is 44.9. The molecule has 37 heavy (non-hydrogen) atoms. The van der Waals surface area contributed by atoms with Crippen molar-refractivity contribution < 1.29 is 32.3 Å². The number of rotatable bonds is 6. The zero-order valence-electron chi connectivity index (χ0n) is 21.2. The van der Waals surface area contributed by atoms with E-state index in [2.05, 4.69) is 43.0 Å². The molecule has 9 heteroatoms. The minimum atomic E-state index is -5.08. The van der Waals surface area contributed by atoms with E-state index in [9.17, 15) is 22.4 Å². The molecule has 1 amide bonds. The quantitative estimate of drug-likeness (QED) is 0.492. The van der Waals surface area contributed by atoms with Crippen molar-refractivity contribution >= 4 is 11.9 Å². The molecule has 1 atom stereocenters. The van der Waals surface area contributed by atoms with Crippen molar-refractivity contribution in [1.29, 1.82) is 0 Å². The molecular formula is C28H34F4N2O3. The van der Waals surface area contributed by atoms with Crippen molar-refractivity contribution in [2.24, 2.45) is 0 Å². The molecule has 1 aliphatic carbocycles. The Morgan fingerprint density at radius 1 is 1.03 bits per heavy atom. The highest BCUT2D eigenvalue weighted by molar-refractivity contribution is 5.77. The van der Waals surface area contributed by atoms with Crippen LogP contribution in [-0.4, -0.2) is 59.1 Å². The van der Waals surface area contributed by atoms with Gasteiger partial charge in [-0.3, -0.25) is 9.69 Å². The largest absolute Gasteiger partial charge is 0.490 e. The zero-order valence-corrected chi connectivity index (χ0v) is 21.2. The van der Waals surface area contributed by atoms with Crippen LogP contribution in [0.5, 0.6) is 0 Å². The van der Waals surface area contributed by atoms with Gasteiger partial charge < -0.3 is 10.0 Å². The Kier molecular flexibility index (Phi) is 9.34. The first-order chi connectivity index (χ1) is 17.5. The van der Waals surface area contributed by atoms with Crippen LogP contribution < -0.4 is 0 Å². The number of nitrogens with zero attached hydrogens (tertiary/aromatic N) is 2. The molecule has 4 rings (SSSR count). The van der Waals surface area contributed by atoms with Gasteiger partial charge in [-0.05, 0) is 86.4 Å². The average Bonchev–Trinajstić information content (AvgIpc) is 3.15. The number of carboxylic acid groups (broad SMARTS) is 1. The lowest BCUT2D eigenvalue weighted by Crippen LogP contribution is -2.41. The Bertz CT molecular complexity index is 1060. The Balaban J connectivity index is 0.000000479. The summed E-state index contributed by atoms with van der Waals surface area (Å²) in [5.74, 6) is -2.32. The fraction of sp³-hybridized carbons (Fsp3) is 0.500. The van der Waals surface area contributed by atoms with E-state index in [0.717, 1.165) is 52.0 Å². The van der Waals surface area contributed by atoms with Gasteiger partial charge in [0.15, 0.2) is 0 Å². The molecule has 1 N–H and O–H groups in total. The molecule has 2 aromatic carbocycles. The molecule has 0 bridgehead atoms. The second kappa shape index (κ2) is 12.1. The predicted molar refractivity (Wildman–Crippen MR) is 133 cm³/mol. The van der Waals surface area contributed by atoms with E-state index in [4.69, 9.17) is 9.90 Å².